The van der Waals surface area contributed by atoms with Crippen LogP contribution in [0.5, 0.6) is 11.5 Å². The molecule has 0 saturated heterocycles. The fourth-order valence-electron chi connectivity index (χ4n) is 2.79. The molecule has 2 rings (SSSR count). The van der Waals surface area contributed by atoms with Crippen molar-refractivity contribution in [3.63, 3.8) is 0 Å². The molecule has 2 atom stereocenters. The molecular formula is C22H30N2O3. The van der Waals surface area contributed by atoms with E-state index in [1.54, 1.807) is 7.11 Å². The van der Waals surface area contributed by atoms with E-state index in [1.165, 1.54) is 0 Å². The molecule has 2 N–H and O–H groups in total. The third kappa shape index (κ3) is 5.73. The number of carbonyl (C=O) groups is 1. The van der Waals surface area contributed by atoms with Gasteiger partial charge in [0.15, 0.2) is 11.5 Å². The Bertz CT molecular complexity index is 761. The Hall–Kier alpha value is -2.53. The van der Waals surface area contributed by atoms with Crippen molar-refractivity contribution in [1.29, 1.82) is 0 Å². The molecule has 2 aromatic carbocycles. The van der Waals surface area contributed by atoms with Crippen LogP contribution in [0.2, 0.25) is 0 Å². The molecule has 5 nitrogen and oxygen atoms in total. The predicted molar refractivity (Wildman–Crippen MR) is 110 cm³/mol. The van der Waals surface area contributed by atoms with Gasteiger partial charge in [-0.25, -0.2) is 0 Å². The lowest BCUT2D eigenvalue weighted by molar-refractivity contribution is -0.117. The van der Waals surface area contributed by atoms with Crippen LogP contribution in [0, 0.1) is 6.92 Å². The summed E-state index contributed by atoms with van der Waals surface area (Å²) in [6.07, 6.45) is 0.941. The van der Waals surface area contributed by atoms with Gasteiger partial charge in [-0.05, 0) is 56.5 Å². The molecule has 2 aromatic rings. The maximum atomic E-state index is 12.5. The molecule has 0 aliphatic heterocycles. The molecule has 146 valence electrons. The normalized spacial score (nSPS) is 12.9. The lowest BCUT2D eigenvalue weighted by Crippen LogP contribution is -2.39. The van der Waals surface area contributed by atoms with Crippen molar-refractivity contribution in [2.45, 2.75) is 46.2 Å². The summed E-state index contributed by atoms with van der Waals surface area (Å²) in [5.41, 5.74) is 2.91. The third-order valence-electron chi connectivity index (χ3n) is 4.45. The second kappa shape index (κ2) is 9.97. The van der Waals surface area contributed by atoms with E-state index in [4.69, 9.17) is 9.47 Å². The van der Waals surface area contributed by atoms with Gasteiger partial charge in [-0.2, -0.15) is 0 Å². The number of carbonyl (C=O) groups excluding carboxylic acids is 1. The monoisotopic (exact) mass is 370 g/mol. The minimum Gasteiger partial charge on any atom is -0.493 e. The van der Waals surface area contributed by atoms with Gasteiger partial charge in [0.2, 0.25) is 5.91 Å². The van der Waals surface area contributed by atoms with Gasteiger partial charge in [0.25, 0.3) is 0 Å². The summed E-state index contributed by atoms with van der Waals surface area (Å²) in [5, 5.41) is 6.32. The maximum absolute atomic E-state index is 12.5. The molecule has 0 fully saturated rings. The Labute approximate surface area is 162 Å². The molecule has 27 heavy (non-hydrogen) atoms. The van der Waals surface area contributed by atoms with E-state index in [-0.39, 0.29) is 18.0 Å². The number of nitrogens with one attached hydrogen (secondary N) is 2. The lowest BCUT2D eigenvalue weighted by Gasteiger charge is -2.21. The minimum absolute atomic E-state index is 0.0169. The van der Waals surface area contributed by atoms with Gasteiger partial charge >= 0.3 is 0 Å². The van der Waals surface area contributed by atoms with Crippen LogP contribution in [0.15, 0.2) is 42.5 Å². The van der Waals surface area contributed by atoms with Crippen LogP contribution in [0.4, 0.5) is 5.69 Å². The topological polar surface area (TPSA) is 59.6 Å². The van der Waals surface area contributed by atoms with E-state index in [2.05, 4.69) is 17.6 Å². The van der Waals surface area contributed by atoms with Crippen molar-refractivity contribution in [2.75, 3.05) is 19.0 Å². The van der Waals surface area contributed by atoms with Crippen molar-refractivity contribution in [3.8, 4) is 11.5 Å². The highest BCUT2D eigenvalue weighted by atomic mass is 16.5. The first kappa shape index (κ1) is 20.8. The van der Waals surface area contributed by atoms with Gasteiger partial charge < -0.3 is 14.8 Å². The molecule has 5 heteroatoms. The van der Waals surface area contributed by atoms with Crippen molar-refractivity contribution in [1.82, 2.24) is 5.32 Å². The Kier molecular flexibility index (Phi) is 7.67. The van der Waals surface area contributed by atoms with Crippen molar-refractivity contribution >= 4 is 11.6 Å². The highest BCUT2D eigenvalue weighted by Crippen LogP contribution is 2.30. The van der Waals surface area contributed by atoms with E-state index in [0.717, 1.165) is 29.0 Å². The quantitative estimate of drug-likeness (QED) is 0.684. The summed E-state index contributed by atoms with van der Waals surface area (Å²) in [4.78, 5) is 12.5. The number of hydrogen-bond acceptors (Lipinski definition) is 4. The van der Waals surface area contributed by atoms with Crippen molar-refractivity contribution in [3.05, 3.63) is 53.6 Å². The Morgan fingerprint density at radius 3 is 2.52 bits per heavy atom. The van der Waals surface area contributed by atoms with Gasteiger partial charge in [0.1, 0.15) is 0 Å². The molecule has 1 amide bonds. The SMILES string of the molecule is CCCOc1ccc(C(C)NC(C)C(=O)Nc2ccccc2C)cc1OC. The number of methoxy groups -OCH3 is 1. The number of hydrogen-bond donors (Lipinski definition) is 2. The van der Waals surface area contributed by atoms with Crippen LogP contribution in [-0.4, -0.2) is 25.7 Å². The van der Waals surface area contributed by atoms with Crippen LogP contribution in [-0.2, 0) is 4.79 Å². The van der Waals surface area contributed by atoms with Crippen LogP contribution in [0.25, 0.3) is 0 Å². The number of benzene rings is 2. The Balaban J connectivity index is 2.01. The maximum Gasteiger partial charge on any atom is 0.241 e. The molecule has 2 unspecified atom stereocenters. The van der Waals surface area contributed by atoms with E-state index >= 15 is 0 Å². The zero-order valence-corrected chi connectivity index (χ0v) is 16.8. The number of amides is 1. The number of ether oxygens (including phenoxy) is 2. The average Bonchev–Trinajstić information content (AvgIpc) is 2.67. The molecule has 0 saturated carbocycles. The highest BCUT2D eigenvalue weighted by Gasteiger charge is 2.18. The first-order valence-corrected chi connectivity index (χ1v) is 9.39. The van der Waals surface area contributed by atoms with E-state index in [0.29, 0.717) is 12.4 Å². The third-order valence-corrected chi connectivity index (χ3v) is 4.45. The fourth-order valence-corrected chi connectivity index (χ4v) is 2.79. The second-order valence-corrected chi connectivity index (χ2v) is 6.67. The molecule has 0 radical (unpaired) electrons. The fraction of sp³-hybridized carbons (Fsp3) is 0.409. The molecule has 0 aliphatic rings. The van der Waals surface area contributed by atoms with E-state index in [9.17, 15) is 4.79 Å². The van der Waals surface area contributed by atoms with Gasteiger partial charge in [-0.1, -0.05) is 31.2 Å². The number of aryl methyl sites for hydroxylation is 1. The Morgan fingerprint density at radius 1 is 1.11 bits per heavy atom. The van der Waals surface area contributed by atoms with Gasteiger partial charge in [0.05, 0.1) is 19.8 Å². The first-order chi connectivity index (χ1) is 13.0. The number of rotatable bonds is 9. The largest absolute Gasteiger partial charge is 0.493 e. The summed E-state index contributed by atoms with van der Waals surface area (Å²) in [6.45, 7) is 8.58. The van der Waals surface area contributed by atoms with Crippen LogP contribution in [0.1, 0.15) is 44.4 Å². The molecular weight excluding hydrogens is 340 g/mol. The molecule has 0 bridgehead atoms. The standard InChI is InChI=1S/C22H30N2O3/c1-6-13-27-20-12-11-18(14-21(20)26-5)16(3)23-17(4)22(25)24-19-10-8-7-9-15(19)2/h7-12,14,16-17,23H,6,13H2,1-5H3,(H,24,25). The van der Waals surface area contributed by atoms with Gasteiger partial charge in [-0.3, -0.25) is 10.1 Å². The van der Waals surface area contributed by atoms with E-state index < -0.39 is 0 Å². The molecule has 0 aromatic heterocycles. The Morgan fingerprint density at radius 2 is 1.85 bits per heavy atom. The highest BCUT2D eigenvalue weighted by molar-refractivity contribution is 5.95. The van der Waals surface area contributed by atoms with E-state index in [1.807, 2.05) is 63.2 Å². The predicted octanol–water partition coefficient (Wildman–Crippen LogP) is 4.47. The number of para-hydroxylation sites is 1. The second-order valence-electron chi connectivity index (χ2n) is 6.67. The zero-order chi connectivity index (χ0) is 19.8. The molecule has 0 aliphatic carbocycles. The average molecular weight is 370 g/mol. The van der Waals surface area contributed by atoms with Gasteiger partial charge in [0, 0.05) is 11.7 Å². The smallest absolute Gasteiger partial charge is 0.241 e. The zero-order valence-electron chi connectivity index (χ0n) is 16.8. The summed E-state index contributed by atoms with van der Waals surface area (Å²) < 4.78 is 11.1. The van der Waals surface area contributed by atoms with Crippen LogP contribution >= 0.6 is 0 Å². The van der Waals surface area contributed by atoms with Crippen LogP contribution in [0.3, 0.4) is 0 Å². The molecule has 0 heterocycles. The summed E-state index contributed by atoms with van der Waals surface area (Å²) in [6, 6.07) is 13.3. The summed E-state index contributed by atoms with van der Waals surface area (Å²) in [7, 11) is 1.63. The minimum atomic E-state index is -0.346. The van der Waals surface area contributed by atoms with Crippen molar-refractivity contribution < 1.29 is 14.3 Å². The molecule has 0 spiro atoms. The summed E-state index contributed by atoms with van der Waals surface area (Å²) in [5.74, 6) is 1.37. The summed E-state index contributed by atoms with van der Waals surface area (Å²) >= 11 is 0. The van der Waals surface area contributed by atoms with Gasteiger partial charge in [-0.15, -0.1) is 0 Å². The lowest BCUT2D eigenvalue weighted by atomic mass is 10.1. The first-order valence-electron chi connectivity index (χ1n) is 9.39. The van der Waals surface area contributed by atoms with Crippen LogP contribution < -0.4 is 20.1 Å². The number of anilines is 1. The van der Waals surface area contributed by atoms with Crippen molar-refractivity contribution in [2.24, 2.45) is 0 Å².